The topological polar surface area (TPSA) is 12.0 Å². The molecule has 1 aromatic rings. The lowest BCUT2D eigenvalue weighted by molar-refractivity contribution is 0.858. The highest BCUT2D eigenvalue weighted by atomic mass is 14.8. The highest BCUT2D eigenvalue weighted by Crippen LogP contribution is 2.15. The zero-order valence-electron chi connectivity index (χ0n) is 10.6. The number of aryl methyl sites for hydroxylation is 1. The molecular weight excluding hydrogens is 182 g/mol. The molecule has 2 rings (SSSR count). The number of rotatable bonds is 0. The van der Waals surface area contributed by atoms with Crippen LogP contribution in [0.4, 0.5) is 0 Å². The summed E-state index contributed by atoms with van der Waals surface area (Å²) in [5, 5.41) is 3.18. The van der Waals surface area contributed by atoms with Gasteiger partial charge in [-0.1, -0.05) is 51.5 Å². The molecule has 1 heteroatoms. The summed E-state index contributed by atoms with van der Waals surface area (Å²) in [7, 11) is 0. The van der Waals surface area contributed by atoms with Gasteiger partial charge in [-0.25, -0.2) is 0 Å². The molecule has 0 aromatic heterocycles. The Bertz CT molecular complexity index is 300. The molecule has 1 heterocycles. The van der Waals surface area contributed by atoms with E-state index in [0.717, 1.165) is 6.54 Å². The third kappa shape index (κ3) is 4.20. The largest absolute Gasteiger partial charge is 0.387 e. The second kappa shape index (κ2) is 8.10. The summed E-state index contributed by atoms with van der Waals surface area (Å²) in [6.45, 7) is 11.1. The molecule has 0 aliphatic carbocycles. The van der Waals surface area contributed by atoms with E-state index in [0.29, 0.717) is 0 Å². The van der Waals surface area contributed by atoms with Crippen LogP contribution in [0.25, 0.3) is 6.08 Å². The smallest absolute Gasteiger partial charge is 0.0401 e. The lowest BCUT2D eigenvalue weighted by Crippen LogP contribution is -2.09. The molecule has 0 radical (unpaired) electrons. The van der Waals surface area contributed by atoms with Crippen molar-refractivity contribution in [2.75, 3.05) is 0 Å². The molecule has 0 saturated carbocycles. The van der Waals surface area contributed by atoms with Crippen LogP contribution in [0, 0.1) is 6.92 Å². The maximum atomic E-state index is 3.18. The maximum absolute atomic E-state index is 3.18. The van der Waals surface area contributed by atoms with Gasteiger partial charge in [0.2, 0.25) is 0 Å². The van der Waals surface area contributed by atoms with Gasteiger partial charge in [-0.2, -0.15) is 0 Å². The lowest BCUT2D eigenvalue weighted by Gasteiger charge is -2.11. The first-order valence-electron chi connectivity index (χ1n) is 5.86. The van der Waals surface area contributed by atoms with Gasteiger partial charge in [0, 0.05) is 6.54 Å². The van der Waals surface area contributed by atoms with Crippen LogP contribution in [0.5, 0.6) is 0 Å². The normalized spacial score (nSPS) is 11.0. The molecule has 0 spiro atoms. The fraction of sp³-hybridized carbons (Fsp3) is 0.429. The Morgan fingerprint density at radius 1 is 1.07 bits per heavy atom. The summed E-state index contributed by atoms with van der Waals surface area (Å²) in [5.74, 6) is 0. The van der Waals surface area contributed by atoms with E-state index in [2.05, 4.69) is 36.5 Å². The maximum Gasteiger partial charge on any atom is 0.0401 e. The van der Waals surface area contributed by atoms with Gasteiger partial charge in [0.1, 0.15) is 0 Å². The van der Waals surface area contributed by atoms with Crippen molar-refractivity contribution in [1.29, 1.82) is 0 Å². The number of nitrogens with one attached hydrogen (secondary N) is 1. The van der Waals surface area contributed by atoms with Crippen molar-refractivity contribution in [1.82, 2.24) is 5.32 Å². The van der Waals surface area contributed by atoms with Crippen LogP contribution in [0.1, 0.15) is 44.4 Å². The molecule has 1 aromatic carbocycles. The first-order valence-corrected chi connectivity index (χ1v) is 5.86. The van der Waals surface area contributed by atoms with Crippen molar-refractivity contribution in [3.8, 4) is 0 Å². The van der Waals surface area contributed by atoms with Crippen LogP contribution in [0.3, 0.4) is 0 Å². The molecular formula is C14H23N. The van der Waals surface area contributed by atoms with E-state index in [1.54, 1.807) is 0 Å². The van der Waals surface area contributed by atoms with Crippen LogP contribution in [0.15, 0.2) is 24.4 Å². The summed E-state index contributed by atoms with van der Waals surface area (Å²) in [4.78, 5) is 0. The lowest BCUT2D eigenvalue weighted by atomic mass is 10.0. The number of hydrogen-bond acceptors (Lipinski definition) is 1. The van der Waals surface area contributed by atoms with Crippen LogP contribution >= 0.6 is 0 Å². The van der Waals surface area contributed by atoms with Crippen molar-refractivity contribution in [2.24, 2.45) is 0 Å². The quantitative estimate of drug-likeness (QED) is 0.671. The summed E-state index contributed by atoms with van der Waals surface area (Å²) < 4.78 is 0. The zero-order valence-corrected chi connectivity index (χ0v) is 10.6. The Balaban J connectivity index is 0.000000442. The van der Waals surface area contributed by atoms with E-state index in [1.807, 2.05) is 33.9 Å². The molecule has 1 aliphatic heterocycles. The van der Waals surface area contributed by atoms with Gasteiger partial charge in [-0.3, -0.25) is 0 Å². The standard InChI is InChI=1S/C10H11N.2C2H6/c1-8-2-3-10-7-11-5-4-9(10)6-8;2*1-2/h2-6,11H,7H2,1H3;2*1-2H3. The Hall–Kier alpha value is -1.24. The molecule has 0 amide bonds. The molecule has 84 valence electrons. The summed E-state index contributed by atoms with van der Waals surface area (Å²) in [6.07, 6.45) is 4.12. The minimum atomic E-state index is 0.964. The van der Waals surface area contributed by atoms with E-state index in [4.69, 9.17) is 0 Å². The van der Waals surface area contributed by atoms with E-state index in [1.165, 1.54) is 16.7 Å². The summed E-state index contributed by atoms with van der Waals surface area (Å²) in [6, 6.07) is 6.55. The van der Waals surface area contributed by atoms with Gasteiger partial charge in [0.25, 0.3) is 0 Å². The third-order valence-electron chi connectivity index (χ3n) is 1.97. The first-order chi connectivity index (χ1) is 7.36. The van der Waals surface area contributed by atoms with E-state index >= 15 is 0 Å². The van der Waals surface area contributed by atoms with E-state index in [9.17, 15) is 0 Å². The fourth-order valence-electron chi connectivity index (χ4n) is 1.35. The fourth-order valence-corrected chi connectivity index (χ4v) is 1.35. The number of fused-ring (bicyclic) bond motifs is 1. The zero-order chi connectivity index (χ0) is 11.7. The molecule has 1 nitrogen and oxygen atoms in total. The molecule has 0 saturated heterocycles. The predicted molar refractivity (Wildman–Crippen MR) is 69.7 cm³/mol. The molecule has 1 aliphatic rings. The summed E-state index contributed by atoms with van der Waals surface area (Å²) in [5.41, 5.74) is 4.07. The molecule has 0 fully saturated rings. The van der Waals surface area contributed by atoms with Crippen molar-refractivity contribution in [2.45, 2.75) is 41.2 Å². The Kier molecular flexibility index (Phi) is 7.43. The van der Waals surface area contributed by atoms with E-state index in [-0.39, 0.29) is 0 Å². The van der Waals surface area contributed by atoms with E-state index < -0.39 is 0 Å². The Morgan fingerprint density at radius 2 is 1.73 bits per heavy atom. The van der Waals surface area contributed by atoms with Crippen LogP contribution < -0.4 is 5.32 Å². The second-order valence-electron chi connectivity index (χ2n) is 2.92. The molecule has 15 heavy (non-hydrogen) atoms. The second-order valence-corrected chi connectivity index (χ2v) is 2.92. The van der Waals surface area contributed by atoms with Gasteiger partial charge in [0.15, 0.2) is 0 Å². The highest BCUT2D eigenvalue weighted by Gasteiger charge is 2.01. The van der Waals surface area contributed by atoms with Gasteiger partial charge in [0.05, 0.1) is 0 Å². The molecule has 0 unspecified atom stereocenters. The van der Waals surface area contributed by atoms with Crippen molar-refractivity contribution < 1.29 is 0 Å². The monoisotopic (exact) mass is 205 g/mol. The van der Waals surface area contributed by atoms with Gasteiger partial charge in [-0.15, -0.1) is 0 Å². The van der Waals surface area contributed by atoms with Gasteiger partial charge < -0.3 is 5.32 Å². The van der Waals surface area contributed by atoms with Gasteiger partial charge >= 0.3 is 0 Å². The van der Waals surface area contributed by atoms with Crippen LogP contribution in [-0.2, 0) is 6.54 Å². The number of hydrogen-bond donors (Lipinski definition) is 1. The van der Waals surface area contributed by atoms with Crippen molar-refractivity contribution in [3.63, 3.8) is 0 Å². The minimum Gasteiger partial charge on any atom is -0.387 e. The van der Waals surface area contributed by atoms with Crippen molar-refractivity contribution >= 4 is 6.08 Å². The van der Waals surface area contributed by atoms with Crippen LogP contribution in [-0.4, -0.2) is 0 Å². The average molecular weight is 205 g/mol. The summed E-state index contributed by atoms with van der Waals surface area (Å²) >= 11 is 0. The minimum absolute atomic E-state index is 0.964. The van der Waals surface area contributed by atoms with Crippen molar-refractivity contribution in [3.05, 3.63) is 41.1 Å². The molecule has 0 bridgehead atoms. The highest BCUT2D eigenvalue weighted by molar-refractivity contribution is 5.56. The van der Waals surface area contributed by atoms with Crippen LogP contribution in [0.2, 0.25) is 0 Å². The average Bonchev–Trinajstić information content (AvgIpc) is 2.34. The van der Waals surface area contributed by atoms with Gasteiger partial charge in [-0.05, 0) is 30.3 Å². The predicted octanol–water partition coefficient (Wildman–Crippen LogP) is 4.12. The molecule has 1 N–H and O–H groups in total. The Labute approximate surface area is 94.2 Å². The first kappa shape index (κ1) is 13.8. The molecule has 0 atom stereocenters. The SMILES string of the molecule is CC.CC.Cc1ccc2c(c1)C=CNC2. The number of benzene rings is 1. The Morgan fingerprint density at radius 3 is 2.40 bits per heavy atom. The third-order valence-corrected chi connectivity index (χ3v) is 1.97.